The molecule has 0 fully saturated rings. The Morgan fingerprint density at radius 3 is 2.58 bits per heavy atom. The molecule has 0 aliphatic rings. The van der Waals surface area contributed by atoms with E-state index < -0.39 is 10.0 Å². The van der Waals surface area contributed by atoms with Crippen LogP contribution in [0.2, 0.25) is 0 Å². The number of hydrogen-bond acceptors (Lipinski definition) is 4. The van der Waals surface area contributed by atoms with E-state index in [2.05, 4.69) is 39.4 Å². The van der Waals surface area contributed by atoms with Gasteiger partial charge in [-0.2, -0.15) is 0 Å². The molecule has 3 N–H and O–H groups in total. The van der Waals surface area contributed by atoms with Gasteiger partial charge in [0.2, 0.25) is 10.0 Å². The summed E-state index contributed by atoms with van der Waals surface area (Å²) >= 11 is 1.73. The molecule has 0 radical (unpaired) electrons. The van der Waals surface area contributed by atoms with Gasteiger partial charge in [0.15, 0.2) is 5.96 Å². The van der Waals surface area contributed by atoms with E-state index in [1.54, 1.807) is 18.4 Å². The van der Waals surface area contributed by atoms with E-state index in [1.165, 1.54) is 9.75 Å². The van der Waals surface area contributed by atoms with Gasteiger partial charge in [0, 0.05) is 29.9 Å². The highest BCUT2D eigenvalue weighted by molar-refractivity contribution is 7.88. The van der Waals surface area contributed by atoms with Gasteiger partial charge in [-0.25, -0.2) is 13.1 Å². The predicted molar refractivity (Wildman–Crippen MR) is 80.1 cm³/mol. The third-order valence-corrected chi connectivity index (χ3v) is 3.96. The second-order valence-corrected chi connectivity index (χ2v) is 7.24. The van der Waals surface area contributed by atoms with Crippen molar-refractivity contribution in [1.82, 2.24) is 15.4 Å². The van der Waals surface area contributed by atoms with Crippen molar-refractivity contribution >= 4 is 27.3 Å². The number of guanidine groups is 1. The number of sulfonamides is 1. The molecule has 0 saturated heterocycles. The first-order valence-electron chi connectivity index (χ1n) is 5.85. The quantitative estimate of drug-likeness (QED) is 0.400. The fourth-order valence-corrected chi connectivity index (χ4v) is 2.69. The molecule has 19 heavy (non-hydrogen) atoms. The van der Waals surface area contributed by atoms with Crippen molar-refractivity contribution < 1.29 is 8.42 Å². The Morgan fingerprint density at radius 1 is 1.32 bits per heavy atom. The van der Waals surface area contributed by atoms with E-state index in [4.69, 9.17) is 0 Å². The van der Waals surface area contributed by atoms with Gasteiger partial charge in [0.1, 0.15) is 0 Å². The van der Waals surface area contributed by atoms with Crippen LogP contribution >= 0.6 is 11.3 Å². The van der Waals surface area contributed by atoms with E-state index in [1.807, 2.05) is 0 Å². The van der Waals surface area contributed by atoms with E-state index in [9.17, 15) is 8.42 Å². The molecular weight excluding hydrogens is 284 g/mol. The van der Waals surface area contributed by atoms with Crippen molar-refractivity contribution in [2.75, 3.05) is 26.4 Å². The van der Waals surface area contributed by atoms with Crippen LogP contribution in [0.25, 0.3) is 0 Å². The minimum absolute atomic E-state index is 0.331. The molecule has 1 aromatic rings. The van der Waals surface area contributed by atoms with Crippen molar-refractivity contribution in [1.29, 1.82) is 0 Å². The van der Waals surface area contributed by atoms with Crippen LogP contribution < -0.4 is 15.4 Å². The van der Waals surface area contributed by atoms with E-state index in [0.29, 0.717) is 25.6 Å². The SMILES string of the molecule is CN=C(NCCNS(C)(=O)=O)NCc1ccc(C)s1. The smallest absolute Gasteiger partial charge is 0.208 e. The Morgan fingerprint density at radius 2 is 2.05 bits per heavy atom. The topological polar surface area (TPSA) is 82.6 Å². The summed E-state index contributed by atoms with van der Waals surface area (Å²) in [6.07, 6.45) is 1.14. The third kappa shape index (κ3) is 7.14. The maximum atomic E-state index is 10.9. The Kier molecular flexibility index (Phi) is 6.26. The highest BCUT2D eigenvalue weighted by atomic mass is 32.2. The lowest BCUT2D eigenvalue weighted by atomic mass is 10.4. The highest BCUT2D eigenvalue weighted by Crippen LogP contribution is 2.14. The summed E-state index contributed by atoms with van der Waals surface area (Å²) in [5, 5.41) is 6.20. The highest BCUT2D eigenvalue weighted by Gasteiger charge is 2.01. The molecule has 6 nitrogen and oxygen atoms in total. The van der Waals surface area contributed by atoms with Crippen molar-refractivity contribution in [2.45, 2.75) is 13.5 Å². The molecule has 0 spiro atoms. The maximum Gasteiger partial charge on any atom is 0.208 e. The van der Waals surface area contributed by atoms with Crippen LogP contribution in [-0.2, 0) is 16.6 Å². The molecule has 0 aromatic carbocycles. The van der Waals surface area contributed by atoms with Crippen LogP contribution in [0.15, 0.2) is 17.1 Å². The fourth-order valence-electron chi connectivity index (χ4n) is 1.39. The largest absolute Gasteiger partial charge is 0.355 e. The number of thiophene rings is 1. The van der Waals surface area contributed by atoms with Crippen LogP contribution in [-0.4, -0.2) is 40.8 Å². The number of nitrogens with zero attached hydrogens (tertiary/aromatic N) is 1. The monoisotopic (exact) mass is 304 g/mol. The van der Waals surface area contributed by atoms with Crippen LogP contribution in [0, 0.1) is 6.92 Å². The normalized spacial score (nSPS) is 12.5. The molecule has 8 heteroatoms. The number of hydrogen-bond donors (Lipinski definition) is 3. The molecule has 0 bridgehead atoms. The second-order valence-electron chi connectivity index (χ2n) is 4.03. The minimum Gasteiger partial charge on any atom is -0.355 e. The first kappa shape index (κ1) is 15.9. The van der Waals surface area contributed by atoms with Crippen LogP contribution in [0.1, 0.15) is 9.75 Å². The molecule has 0 saturated carbocycles. The van der Waals surface area contributed by atoms with Crippen molar-refractivity contribution in [3.8, 4) is 0 Å². The first-order chi connectivity index (χ1) is 8.90. The average molecular weight is 304 g/mol. The molecule has 0 aliphatic heterocycles. The summed E-state index contributed by atoms with van der Waals surface area (Å²) < 4.78 is 24.2. The summed E-state index contributed by atoms with van der Waals surface area (Å²) in [5.41, 5.74) is 0. The molecule has 108 valence electrons. The standard InChI is InChI=1S/C11H20N4O2S2/c1-9-4-5-10(18-9)8-14-11(12-2)13-6-7-15-19(3,16)17/h4-5,15H,6-8H2,1-3H3,(H2,12,13,14). The number of aliphatic imine (C=N–C) groups is 1. The fraction of sp³-hybridized carbons (Fsp3) is 0.545. The Bertz CT molecular complexity index is 523. The summed E-state index contributed by atoms with van der Waals surface area (Å²) in [7, 11) is -1.45. The van der Waals surface area contributed by atoms with Crippen molar-refractivity contribution in [3.63, 3.8) is 0 Å². The zero-order valence-corrected chi connectivity index (χ0v) is 13.0. The first-order valence-corrected chi connectivity index (χ1v) is 8.56. The molecule has 0 aliphatic carbocycles. The molecule has 0 amide bonds. The minimum atomic E-state index is -3.13. The van der Waals surface area contributed by atoms with E-state index in [-0.39, 0.29) is 0 Å². The zero-order valence-electron chi connectivity index (χ0n) is 11.4. The molecule has 1 rings (SSSR count). The summed E-state index contributed by atoms with van der Waals surface area (Å²) in [6.45, 7) is 3.59. The van der Waals surface area contributed by atoms with Crippen LogP contribution in [0.5, 0.6) is 0 Å². The molecule has 0 atom stereocenters. The molecular formula is C11H20N4O2S2. The number of rotatable bonds is 6. The van der Waals surface area contributed by atoms with Gasteiger partial charge in [0.05, 0.1) is 12.8 Å². The maximum absolute atomic E-state index is 10.9. The molecule has 0 unspecified atom stereocenters. The van der Waals surface area contributed by atoms with E-state index in [0.717, 1.165) is 6.26 Å². The van der Waals surface area contributed by atoms with Gasteiger partial charge in [0.25, 0.3) is 0 Å². The lowest BCUT2D eigenvalue weighted by molar-refractivity contribution is 0.586. The third-order valence-electron chi connectivity index (χ3n) is 2.23. The van der Waals surface area contributed by atoms with Crippen molar-refractivity contribution in [3.05, 3.63) is 21.9 Å². The predicted octanol–water partition coefficient (Wildman–Crippen LogP) is 0.271. The van der Waals surface area contributed by atoms with E-state index >= 15 is 0 Å². The van der Waals surface area contributed by atoms with Gasteiger partial charge in [-0.3, -0.25) is 4.99 Å². The average Bonchev–Trinajstić information content (AvgIpc) is 2.73. The number of nitrogens with one attached hydrogen (secondary N) is 3. The number of aryl methyl sites for hydroxylation is 1. The Labute approximate surface area is 118 Å². The van der Waals surface area contributed by atoms with Crippen molar-refractivity contribution in [2.24, 2.45) is 4.99 Å². The summed E-state index contributed by atoms with van der Waals surface area (Å²) in [5.74, 6) is 0.654. The lowest BCUT2D eigenvalue weighted by Crippen LogP contribution is -2.40. The van der Waals surface area contributed by atoms with Gasteiger partial charge in [-0.05, 0) is 19.1 Å². The lowest BCUT2D eigenvalue weighted by Gasteiger charge is -2.11. The molecule has 1 heterocycles. The van der Waals surface area contributed by atoms with Gasteiger partial charge < -0.3 is 10.6 Å². The zero-order chi connectivity index (χ0) is 14.3. The van der Waals surface area contributed by atoms with Gasteiger partial charge >= 0.3 is 0 Å². The van der Waals surface area contributed by atoms with Crippen LogP contribution in [0.3, 0.4) is 0 Å². The Balaban J connectivity index is 2.27. The van der Waals surface area contributed by atoms with Gasteiger partial charge in [-0.15, -0.1) is 11.3 Å². The summed E-state index contributed by atoms with van der Waals surface area (Å²) in [4.78, 5) is 6.57. The second kappa shape index (κ2) is 7.46. The summed E-state index contributed by atoms with van der Waals surface area (Å²) in [6, 6.07) is 4.15. The molecule has 1 aromatic heterocycles. The van der Waals surface area contributed by atoms with Crippen LogP contribution in [0.4, 0.5) is 0 Å². The van der Waals surface area contributed by atoms with Gasteiger partial charge in [-0.1, -0.05) is 0 Å². The Hall–Kier alpha value is -1.12.